The van der Waals surface area contributed by atoms with Crippen molar-refractivity contribution in [1.29, 1.82) is 0 Å². The third-order valence-corrected chi connectivity index (χ3v) is 3.29. The summed E-state index contributed by atoms with van der Waals surface area (Å²) in [5.74, 6) is -0.688. The van der Waals surface area contributed by atoms with E-state index < -0.39 is 6.04 Å². The summed E-state index contributed by atoms with van der Waals surface area (Å²) < 4.78 is 5.62. The number of nitrogen functional groups attached to an aromatic ring is 1. The van der Waals surface area contributed by atoms with E-state index in [1.807, 2.05) is 6.92 Å². The molecule has 20 heavy (non-hydrogen) atoms. The summed E-state index contributed by atoms with van der Waals surface area (Å²) in [7, 11) is 0. The second-order valence-electron chi connectivity index (χ2n) is 4.69. The van der Waals surface area contributed by atoms with Crippen LogP contribution in [0.25, 0.3) is 11.1 Å². The number of imide groups is 1. The van der Waals surface area contributed by atoms with Crippen LogP contribution in [0.15, 0.2) is 22.6 Å². The SMILES string of the molecule is CCC1C(=O)NC(=O)CN1c1nc2ccc(N)cc2o1. The number of nitrogens with zero attached hydrogens (tertiary/aromatic N) is 2. The molecule has 7 nitrogen and oxygen atoms in total. The number of piperazine rings is 1. The maximum atomic E-state index is 11.8. The van der Waals surface area contributed by atoms with Crippen molar-refractivity contribution in [3.63, 3.8) is 0 Å². The zero-order valence-electron chi connectivity index (χ0n) is 10.9. The van der Waals surface area contributed by atoms with Crippen LogP contribution < -0.4 is 16.0 Å². The van der Waals surface area contributed by atoms with Gasteiger partial charge in [0.15, 0.2) is 5.58 Å². The van der Waals surface area contributed by atoms with Crippen molar-refractivity contribution in [2.75, 3.05) is 17.2 Å². The molecule has 0 aliphatic carbocycles. The van der Waals surface area contributed by atoms with E-state index in [2.05, 4.69) is 10.3 Å². The number of nitrogens with two attached hydrogens (primary N) is 1. The van der Waals surface area contributed by atoms with E-state index >= 15 is 0 Å². The number of rotatable bonds is 2. The van der Waals surface area contributed by atoms with Crippen molar-refractivity contribution in [2.45, 2.75) is 19.4 Å². The lowest BCUT2D eigenvalue weighted by molar-refractivity contribution is -0.133. The van der Waals surface area contributed by atoms with E-state index in [0.29, 0.717) is 23.2 Å². The molecule has 7 heteroatoms. The summed E-state index contributed by atoms with van der Waals surface area (Å²) in [6.07, 6.45) is 0.556. The number of aromatic nitrogens is 1. The first-order chi connectivity index (χ1) is 9.58. The smallest absolute Gasteiger partial charge is 0.299 e. The fourth-order valence-corrected chi connectivity index (χ4v) is 2.33. The molecule has 1 aromatic carbocycles. The summed E-state index contributed by atoms with van der Waals surface area (Å²) in [5.41, 5.74) is 7.44. The molecular weight excluding hydrogens is 260 g/mol. The lowest BCUT2D eigenvalue weighted by Gasteiger charge is -2.31. The van der Waals surface area contributed by atoms with Crippen LogP contribution in [0, 0.1) is 0 Å². The van der Waals surface area contributed by atoms with E-state index in [-0.39, 0.29) is 24.4 Å². The van der Waals surface area contributed by atoms with Crippen LogP contribution in [-0.4, -0.2) is 29.4 Å². The quantitative estimate of drug-likeness (QED) is 0.616. The lowest BCUT2D eigenvalue weighted by Crippen LogP contribution is -2.58. The Labute approximate surface area is 114 Å². The molecule has 3 rings (SSSR count). The summed E-state index contributed by atoms with van der Waals surface area (Å²) >= 11 is 0. The molecular formula is C13H14N4O3. The monoisotopic (exact) mass is 274 g/mol. The Kier molecular flexibility index (Phi) is 2.81. The number of anilines is 2. The van der Waals surface area contributed by atoms with Crippen LogP contribution in [0.5, 0.6) is 0 Å². The van der Waals surface area contributed by atoms with Gasteiger partial charge in [0.1, 0.15) is 18.1 Å². The van der Waals surface area contributed by atoms with Gasteiger partial charge in [-0.25, -0.2) is 0 Å². The van der Waals surface area contributed by atoms with Gasteiger partial charge in [0.2, 0.25) is 11.8 Å². The van der Waals surface area contributed by atoms with Crippen molar-refractivity contribution < 1.29 is 14.0 Å². The van der Waals surface area contributed by atoms with Crippen molar-refractivity contribution in [2.24, 2.45) is 0 Å². The molecule has 2 amide bonds. The first-order valence-corrected chi connectivity index (χ1v) is 6.35. The van der Waals surface area contributed by atoms with Crippen LogP contribution in [0.2, 0.25) is 0 Å². The first kappa shape index (κ1) is 12.5. The summed E-state index contributed by atoms with van der Waals surface area (Å²) in [5, 5.41) is 2.31. The van der Waals surface area contributed by atoms with Gasteiger partial charge in [0.25, 0.3) is 6.01 Å². The van der Waals surface area contributed by atoms with Gasteiger partial charge in [-0.1, -0.05) is 6.92 Å². The highest BCUT2D eigenvalue weighted by Gasteiger charge is 2.35. The molecule has 1 atom stereocenters. The minimum Gasteiger partial charge on any atom is -0.423 e. The highest BCUT2D eigenvalue weighted by molar-refractivity contribution is 6.04. The molecule has 0 spiro atoms. The Morgan fingerprint density at radius 3 is 3.05 bits per heavy atom. The fourth-order valence-electron chi connectivity index (χ4n) is 2.33. The number of hydrogen-bond acceptors (Lipinski definition) is 6. The minimum absolute atomic E-state index is 0.0482. The Bertz CT molecular complexity index is 694. The zero-order chi connectivity index (χ0) is 14.3. The van der Waals surface area contributed by atoms with Crippen molar-refractivity contribution in [3.05, 3.63) is 18.2 Å². The summed E-state index contributed by atoms with van der Waals surface area (Å²) in [6.45, 7) is 1.92. The van der Waals surface area contributed by atoms with Crippen LogP contribution in [0.3, 0.4) is 0 Å². The number of hydrogen-bond donors (Lipinski definition) is 2. The Hall–Kier alpha value is -2.57. The summed E-state index contributed by atoms with van der Waals surface area (Å²) in [6, 6.07) is 4.93. The highest BCUT2D eigenvalue weighted by atomic mass is 16.4. The third kappa shape index (κ3) is 1.97. The van der Waals surface area contributed by atoms with Crippen molar-refractivity contribution in [1.82, 2.24) is 10.3 Å². The van der Waals surface area contributed by atoms with Crippen molar-refractivity contribution in [3.8, 4) is 0 Å². The molecule has 104 valence electrons. The summed E-state index contributed by atoms with van der Waals surface area (Å²) in [4.78, 5) is 29.2. The molecule has 1 saturated heterocycles. The molecule has 0 saturated carbocycles. The predicted octanol–water partition coefficient (Wildman–Crippen LogP) is 0.651. The molecule has 1 fully saturated rings. The average molecular weight is 274 g/mol. The van der Waals surface area contributed by atoms with E-state index in [1.54, 1.807) is 23.1 Å². The molecule has 2 heterocycles. The Morgan fingerprint density at radius 1 is 1.50 bits per heavy atom. The van der Waals surface area contributed by atoms with Gasteiger partial charge in [-0.3, -0.25) is 14.9 Å². The molecule has 1 unspecified atom stereocenters. The largest absolute Gasteiger partial charge is 0.423 e. The maximum absolute atomic E-state index is 11.8. The van der Waals surface area contributed by atoms with Gasteiger partial charge in [0.05, 0.1) is 0 Å². The lowest BCUT2D eigenvalue weighted by atomic mass is 10.1. The van der Waals surface area contributed by atoms with Crippen LogP contribution in [0.1, 0.15) is 13.3 Å². The van der Waals surface area contributed by atoms with E-state index in [0.717, 1.165) is 0 Å². The topological polar surface area (TPSA) is 101 Å². The van der Waals surface area contributed by atoms with Gasteiger partial charge < -0.3 is 15.1 Å². The molecule has 0 bridgehead atoms. The van der Waals surface area contributed by atoms with Crippen LogP contribution >= 0.6 is 0 Å². The molecule has 1 aliphatic rings. The molecule has 2 aromatic rings. The number of benzene rings is 1. The number of nitrogens with one attached hydrogen (secondary N) is 1. The third-order valence-electron chi connectivity index (χ3n) is 3.29. The number of carbonyl (C=O) groups is 2. The zero-order valence-corrected chi connectivity index (χ0v) is 10.9. The molecule has 1 aliphatic heterocycles. The molecule has 0 radical (unpaired) electrons. The number of carbonyl (C=O) groups excluding carboxylic acids is 2. The van der Waals surface area contributed by atoms with Crippen LogP contribution in [0.4, 0.5) is 11.7 Å². The first-order valence-electron chi connectivity index (χ1n) is 6.35. The second-order valence-corrected chi connectivity index (χ2v) is 4.69. The van der Waals surface area contributed by atoms with Crippen molar-refractivity contribution >= 4 is 34.6 Å². The normalized spacial score (nSPS) is 19.4. The maximum Gasteiger partial charge on any atom is 0.299 e. The van der Waals surface area contributed by atoms with Gasteiger partial charge in [0, 0.05) is 11.8 Å². The van der Waals surface area contributed by atoms with Gasteiger partial charge in [-0.15, -0.1) is 0 Å². The Morgan fingerprint density at radius 2 is 2.30 bits per heavy atom. The molecule has 1 aromatic heterocycles. The minimum atomic E-state index is -0.460. The highest BCUT2D eigenvalue weighted by Crippen LogP contribution is 2.26. The van der Waals surface area contributed by atoms with Crippen LogP contribution in [-0.2, 0) is 9.59 Å². The fraction of sp³-hybridized carbons (Fsp3) is 0.308. The molecule has 3 N–H and O–H groups in total. The van der Waals surface area contributed by atoms with Gasteiger partial charge >= 0.3 is 0 Å². The predicted molar refractivity (Wildman–Crippen MR) is 73.0 cm³/mol. The van der Waals surface area contributed by atoms with E-state index in [4.69, 9.17) is 10.2 Å². The Balaban J connectivity index is 2.03. The number of amides is 2. The van der Waals surface area contributed by atoms with E-state index in [9.17, 15) is 9.59 Å². The second kappa shape index (κ2) is 4.52. The average Bonchev–Trinajstić information content (AvgIpc) is 2.80. The number of fused-ring (bicyclic) bond motifs is 1. The van der Waals surface area contributed by atoms with Gasteiger partial charge in [-0.2, -0.15) is 4.98 Å². The number of oxazole rings is 1. The van der Waals surface area contributed by atoms with E-state index in [1.165, 1.54) is 0 Å². The van der Waals surface area contributed by atoms with Gasteiger partial charge in [-0.05, 0) is 18.6 Å². The standard InChI is InChI=1S/C13H14N4O3/c1-2-9-12(19)16-11(18)6-17(9)13-15-8-4-3-7(14)5-10(8)20-13/h3-5,9H,2,6,14H2,1H3,(H,16,18,19).